The van der Waals surface area contributed by atoms with Crippen molar-refractivity contribution in [3.05, 3.63) is 35.3 Å². The van der Waals surface area contributed by atoms with Crippen molar-refractivity contribution >= 4 is 11.9 Å². The number of phenols is 6. The molecule has 0 bridgehead atoms. The van der Waals surface area contributed by atoms with Crippen LogP contribution in [-0.4, -0.2) is 95.2 Å². The van der Waals surface area contributed by atoms with E-state index >= 15 is 0 Å². The van der Waals surface area contributed by atoms with E-state index in [0.717, 1.165) is 0 Å². The third-order valence-electron chi connectivity index (χ3n) is 4.74. The standard InChI is InChI=1S/C20H20O14/c21-5-12-15(28)16(33-18(29)6-1-8(22)13(26)9(23)2-6)17(20(31)32-12)34-19(30)7-3-10(24)14(27)11(25)4-7/h1-4,12,15-17,20-28,31H,5H2/t12-,15-,16+,17-,20?/m1/s1/i1D,3D. The van der Waals surface area contributed by atoms with Gasteiger partial charge in [0.1, 0.15) is 12.2 Å². The quantitative estimate of drug-likeness (QED) is 0.177. The van der Waals surface area contributed by atoms with Crippen molar-refractivity contribution < 1.29 is 72.5 Å². The van der Waals surface area contributed by atoms with E-state index in [4.69, 9.17) is 17.0 Å². The maximum absolute atomic E-state index is 12.7. The number of hydrogen-bond donors (Lipinski definition) is 9. The van der Waals surface area contributed by atoms with E-state index in [1.165, 1.54) is 0 Å². The van der Waals surface area contributed by atoms with Gasteiger partial charge in [-0.05, 0) is 24.2 Å². The minimum absolute atomic E-state index is 0.554. The lowest BCUT2D eigenvalue weighted by molar-refractivity contribution is -0.285. The predicted octanol–water partition coefficient (Wildman–Crippen LogP) is -1.26. The van der Waals surface area contributed by atoms with E-state index in [2.05, 4.69) is 0 Å². The molecule has 0 amide bonds. The number of carbonyl (C=O) groups excluding carboxylic acids is 2. The Bertz CT molecular complexity index is 1200. The maximum atomic E-state index is 12.7. The number of aliphatic hydroxyl groups excluding tert-OH is 3. The monoisotopic (exact) mass is 486 g/mol. The summed E-state index contributed by atoms with van der Waals surface area (Å²) in [6.45, 7) is -0.909. The van der Waals surface area contributed by atoms with Crippen molar-refractivity contribution in [1.29, 1.82) is 0 Å². The second-order valence-corrected chi connectivity index (χ2v) is 7.01. The number of hydrogen-bond acceptors (Lipinski definition) is 14. The summed E-state index contributed by atoms with van der Waals surface area (Å²) in [6, 6.07) is -0.866. The Morgan fingerprint density at radius 1 is 0.824 bits per heavy atom. The van der Waals surface area contributed by atoms with Gasteiger partial charge in [-0.15, -0.1) is 0 Å². The van der Waals surface area contributed by atoms with Crippen LogP contribution in [0.4, 0.5) is 0 Å². The molecule has 9 N–H and O–H groups in total. The van der Waals surface area contributed by atoms with Gasteiger partial charge in [-0.1, -0.05) is 0 Å². The highest BCUT2D eigenvalue weighted by molar-refractivity contribution is 5.92. The van der Waals surface area contributed by atoms with E-state index < -0.39 is 107 Å². The van der Waals surface area contributed by atoms with E-state index in [1.54, 1.807) is 0 Å². The lowest BCUT2D eigenvalue weighted by atomic mass is 9.98. The molecular weight excluding hydrogens is 464 g/mol. The zero-order chi connectivity index (χ0) is 27.1. The highest BCUT2D eigenvalue weighted by Gasteiger charge is 2.49. The van der Waals surface area contributed by atoms with Crippen molar-refractivity contribution in [2.75, 3.05) is 6.61 Å². The first-order valence-corrected chi connectivity index (χ1v) is 9.33. The highest BCUT2D eigenvalue weighted by Crippen LogP contribution is 2.37. The van der Waals surface area contributed by atoms with Crippen LogP contribution in [0.25, 0.3) is 0 Å². The molecule has 2 aromatic rings. The van der Waals surface area contributed by atoms with E-state index in [1.807, 2.05) is 0 Å². The highest BCUT2D eigenvalue weighted by atomic mass is 16.7. The summed E-state index contributed by atoms with van der Waals surface area (Å²) in [5, 5.41) is 87.7. The summed E-state index contributed by atoms with van der Waals surface area (Å²) in [7, 11) is 0. The van der Waals surface area contributed by atoms with Gasteiger partial charge in [-0.2, -0.15) is 0 Å². The van der Waals surface area contributed by atoms with Gasteiger partial charge in [-0.25, -0.2) is 9.59 Å². The first-order chi connectivity index (χ1) is 16.8. The van der Waals surface area contributed by atoms with Crippen LogP contribution in [-0.2, 0) is 14.2 Å². The molecule has 0 radical (unpaired) electrons. The minimum Gasteiger partial charge on any atom is -0.504 e. The van der Waals surface area contributed by atoms with Crippen LogP contribution in [0, 0.1) is 0 Å². The Morgan fingerprint density at radius 2 is 1.26 bits per heavy atom. The molecule has 1 aliphatic heterocycles. The molecule has 1 heterocycles. The number of esters is 2. The number of carbonyl (C=O) groups is 2. The molecule has 0 saturated carbocycles. The lowest BCUT2D eigenvalue weighted by Gasteiger charge is -2.41. The molecule has 2 aromatic carbocycles. The van der Waals surface area contributed by atoms with Gasteiger partial charge in [0.05, 0.1) is 20.5 Å². The third kappa shape index (κ3) is 4.69. The van der Waals surface area contributed by atoms with Crippen molar-refractivity contribution in [2.45, 2.75) is 30.7 Å². The van der Waals surface area contributed by atoms with Crippen molar-refractivity contribution in [3.63, 3.8) is 0 Å². The fourth-order valence-electron chi connectivity index (χ4n) is 3.01. The van der Waals surface area contributed by atoms with Gasteiger partial charge in [0.15, 0.2) is 53.0 Å². The van der Waals surface area contributed by atoms with E-state index in [9.17, 15) is 55.5 Å². The molecule has 14 nitrogen and oxygen atoms in total. The summed E-state index contributed by atoms with van der Waals surface area (Å²) < 4.78 is 30.4. The molecule has 0 aromatic heterocycles. The number of benzene rings is 2. The maximum Gasteiger partial charge on any atom is 0.339 e. The normalized spacial score (nSPS) is 25.2. The lowest BCUT2D eigenvalue weighted by Crippen LogP contribution is -2.61. The molecule has 184 valence electrons. The number of aromatic hydroxyl groups is 6. The fraction of sp³-hybridized carbons (Fsp3) is 0.300. The summed E-state index contributed by atoms with van der Waals surface area (Å²) >= 11 is 0. The van der Waals surface area contributed by atoms with Gasteiger partial charge in [0, 0.05) is 0 Å². The van der Waals surface area contributed by atoms with Gasteiger partial charge >= 0.3 is 11.9 Å². The van der Waals surface area contributed by atoms with Crippen molar-refractivity contribution in [2.24, 2.45) is 0 Å². The van der Waals surface area contributed by atoms with Crippen LogP contribution in [0.5, 0.6) is 34.5 Å². The Labute approximate surface area is 192 Å². The Kier molecular flexibility index (Phi) is 6.09. The van der Waals surface area contributed by atoms with Gasteiger partial charge in [-0.3, -0.25) is 0 Å². The molecule has 5 atom stereocenters. The van der Waals surface area contributed by atoms with Gasteiger partial charge in [0.2, 0.25) is 0 Å². The van der Waals surface area contributed by atoms with E-state index in [-0.39, 0.29) is 0 Å². The molecule has 34 heavy (non-hydrogen) atoms. The Morgan fingerprint density at radius 3 is 1.71 bits per heavy atom. The van der Waals surface area contributed by atoms with Crippen molar-refractivity contribution in [1.82, 2.24) is 0 Å². The summed E-state index contributed by atoms with van der Waals surface area (Å²) in [5.74, 6) is -9.60. The number of aliphatic hydroxyl groups is 3. The van der Waals surface area contributed by atoms with Crippen LogP contribution in [0.2, 0.25) is 0 Å². The zero-order valence-electron chi connectivity index (χ0n) is 18.8. The average molecular weight is 486 g/mol. The fourth-order valence-corrected chi connectivity index (χ4v) is 3.01. The molecule has 1 saturated heterocycles. The molecular formula is C20H20O14. The molecule has 14 heteroatoms. The summed E-state index contributed by atoms with van der Waals surface area (Å²) in [6.07, 6.45) is -9.78. The van der Waals surface area contributed by atoms with Crippen LogP contribution < -0.4 is 0 Å². The second kappa shape index (κ2) is 9.48. The first-order valence-electron chi connectivity index (χ1n) is 10.3. The molecule has 1 fully saturated rings. The predicted molar refractivity (Wildman–Crippen MR) is 105 cm³/mol. The topological polar surface area (TPSA) is 244 Å². The largest absolute Gasteiger partial charge is 0.504 e. The summed E-state index contributed by atoms with van der Waals surface area (Å²) in [5.41, 5.74) is -1.64. The Hall–Kier alpha value is -3.98. The number of ether oxygens (including phenoxy) is 3. The second-order valence-electron chi connectivity index (χ2n) is 7.01. The van der Waals surface area contributed by atoms with Crippen LogP contribution in [0.1, 0.15) is 23.5 Å². The van der Waals surface area contributed by atoms with Crippen LogP contribution in [0.3, 0.4) is 0 Å². The summed E-state index contributed by atoms with van der Waals surface area (Å²) in [4.78, 5) is 25.3. The smallest absolute Gasteiger partial charge is 0.339 e. The average Bonchev–Trinajstić information content (AvgIpc) is 2.84. The molecule has 1 unspecified atom stereocenters. The minimum atomic E-state index is -2.15. The van der Waals surface area contributed by atoms with Crippen LogP contribution >= 0.6 is 0 Å². The third-order valence-corrected chi connectivity index (χ3v) is 4.74. The molecule has 3 rings (SSSR count). The number of rotatable bonds is 5. The molecule has 1 aliphatic rings. The van der Waals surface area contributed by atoms with Crippen molar-refractivity contribution in [3.8, 4) is 34.5 Å². The Balaban J connectivity index is 1.96. The number of phenolic OH excluding ortho intramolecular Hbond substituents is 6. The molecule has 0 spiro atoms. The first kappa shape index (κ1) is 21.8. The van der Waals surface area contributed by atoms with Gasteiger partial charge in [0.25, 0.3) is 0 Å². The van der Waals surface area contributed by atoms with Crippen LogP contribution in [0.15, 0.2) is 24.2 Å². The van der Waals surface area contributed by atoms with E-state index in [0.29, 0.717) is 12.1 Å². The SMILES string of the molecule is [2H]c1c(C(=O)O[C@H]2[C@H](O)[C@@H](CO)OC(O)[C@@H]2OC(=O)c2cc(O)c(O)c(O)c2[2H])cc(O)c(O)c1O. The van der Waals surface area contributed by atoms with Gasteiger partial charge < -0.3 is 60.2 Å². The molecule has 0 aliphatic carbocycles. The zero-order valence-corrected chi connectivity index (χ0v) is 16.8.